The molecule has 2 rings (SSSR count). The first-order valence-electron chi connectivity index (χ1n) is 6.91. The SMILES string of the molecule is Cc1ccc(C)c(Nc2cc(C(F)(F)F)nc(NCC(=O)O)n2)c1. The van der Waals surface area contributed by atoms with Crippen LogP contribution in [0, 0.1) is 13.8 Å². The van der Waals surface area contributed by atoms with E-state index in [-0.39, 0.29) is 5.82 Å². The average molecular weight is 340 g/mol. The summed E-state index contributed by atoms with van der Waals surface area (Å²) in [5, 5.41) is 13.7. The smallest absolute Gasteiger partial charge is 0.433 e. The first-order valence-corrected chi connectivity index (χ1v) is 6.91. The fraction of sp³-hybridized carbons (Fsp3) is 0.267. The molecule has 0 amide bonds. The van der Waals surface area contributed by atoms with Gasteiger partial charge in [0.25, 0.3) is 0 Å². The summed E-state index contributed by atoms with van der Waals surface area (Å²) in [6.45, 7) is 3.06. The standard InChI is InChI=1S/C15H15F3N4O2/c1-8-3-4-9(2)10(5-8)20-12-6-11(15(16,17)18)21-14(22-12)19-7-13(23)24/h3-6H,7H2,1-2H3,(H,23,24)(H2,19,20,21,22). The Morgan fingerprint density at radius 2 is 1.92 bits per heavy atom. The minimum Gasteiger partial charge on any atom is -0.480 e. The van der Waals surface area contributed by atoms with Crippen molar-refractivity contribution in [2.75, 3.05) is 17.2 Å². The van der Waals surface area contributed by atoms with Crippen molar-refractivity contribution in [1.29, 1.82) is 0 Å². The first kappa shape index (κ1) is 17.5. The van der Waals surface area contributed by atoms with E-state index >= 15 is 0 Å². The Morgan fingerprint density at radius 3 is 2.54 bits per heavy atom. The zero-order valence-electron chi connectivity index (χ0n) is 12.9. The van der Waals surface area contributed by atoms with Gasteiger partial charge in [0.15, 0.2) is 5.69 Å². The van der Waals surface area contributed by atoms with Gasteiger partial charge < -0.3 is 15.7 Å². The number of carboxylic acid groups (broad SMARTS) is 1. The lowest BCUT2D eigenvalue weighted by Crippen LogP contribution is -2.17. The Bertz CT molecular complexity index is 763. The van der Waals surface area contributed by atoms with Gasteiger partial charge in [-0.1, -0.05) is 12.1 Å². The lowest BCUT2D eigenvalue weighted by atomic mass is 10.1. The number of aryl methyl sites for hydroxylation is 2. The topological polar surface area (TPSA) is 87.1 Å². The maximum atomic E-state index is 13.0. The Kier molecular flexibility index (Phi) is 4.91. The highest BCUT2D eigenvalue weighted by Gasteiger charge is 2.33. The normalized spacial score (nSPS) is 11.2. The van der Waals surface area contributed by atoms with E-state index in [1.165, 1.54) is 0 Å². The maximum absolute atomic E-state index is 13.0. The summed E-state index contributed by atoms with van der Waals surface area (Å²) in [6, 6.07) is 6.25. The highest BCUT2D eigenvalue weighted by molar-refractivity contribution is 5.72. The third-order valence-corrected chi connectivity index (χ3v) is 3.07. The van der Waals surface area contributed by atoms with E-state index in [0.29, 0.717) is 5.69 Å². The van der Waals surface area contributed by atoms with Gasteiger partial charge in [0.05, 0.1) is 0 Å². The van der Waals surface area contributed by atoms with E-state index in [4.69, 9.17) is 5.11 Å². The molecule has 1 aromatic heterocycles. The van der Waals surface area contributed by atoms with Crippen molar-refractivity contribution >= 4 is 23.4 Å². The van der Waals surface area contributed by atoms with Gasteiger partial charge in [-0.05, 0) is 31.0 Å². The van der Waals surface area contributed by atoms with Gasteiger partial charge >= 0.3 is 12.1 Å². The van der Waals surface area contributed by atoms with Crippen LogP contribution < -0.4 is 10.6 Å². The molecule has 0 saturated carbocycles. The van der Waals surface area contributed by atoms with E-state index < -0.39 is 30.3 Å². The van der Waals surface area contributed by atoms with Crippen LogP contribution in [0.25, 0.3) is 0 Å². The van der Waals surface area contributed by atoms with Crippen LogP contribution in [-0.4, -0.2) is 27.6 Å². The van der Waals surface area contributed by atoms with E-state index in [9.17, 15) is 18.0 Å². The molecule has 1 aromatic carbocycles. The monoisotopic (exact) mass is 340 g/mol. The molecule has 2 aromatic rings. The van der Waals surface area contributed by atoms with Gasteiger partial charge in [0.2, 0.25) is 5.95 Å². The second kappa shape index (κ2) is 6.73. The number of anilines is 3. The van der Waals surface area contributed by atoms with Crippen LogP contribution in [0.15, 0.2) is 24.3 Å². The van der Waals surface area contributed by atoms with Gasteiger partial charge in [0.1, 0.15) is 12.4 Å². The highest BCUT2D eigenvalue weighted by Crippen LogP contribution is 2.31. The summed E-state index contributed by atoms with van der Waals surface area (Å²) >= 11 is 0. The fourth-order valence-corrected chi connectivity index (χ4v) is 1.90. The minimum atomic E-state index is -4.68. The Labute approximate surface area is 135 Å². The van der Waals surface area contributed by atoms with Crippen molar-refractivity contribution in [2.45, 2.75) is 20.0 Å². The maximum Gasteiger partial charge on any atom is 0.433 e. The molecule has 1 heterocycles. The second-order valence-corrected chi connectivity index (χ2v) is 5.15. The number of halogens is 3. The molecule has 0 aliphatic heterocycles. The fourth-order valence-electron chi connectivity index (χ4n) is 1.90. The molecule has 9 heteroatoms. The molecular formula is C15H15F3N4O2. The van der Waals surface area contributed by atoms with Gasteiger partial charge in [-0.15, -0.1) is 0 Å². The number of hydrogen-bond donors (Lipinski definition) is 3. The molecule has 24 heavy (non-hydrogen) atoms. The molecule has 128 valence electrons. The van der Waals surface area contributed by atoms with Gasteiger partial charge in [-0.3, -0.25) is 4.79 Å². The largest absolute Gasteiger partial charge is 0.480 e. The molecule has 3 N–H and O–H groups in total. The number of rotatable bonds is 5. The van der Waals surface area contributed by atoms with Crippen LogP contribution >= 0.6 is 0 Å². The summed E-state index contributed by atoms with van der Waals surface area (Å²) in [4.78, 5) is 17.8. The predicted octanol–water partition coefficient (Wildman–Crippen LogP) is 3.35. The van der Waals surface area contributed by atoms with Crippen LogP contribution in [-0.2, 0) is 11.0 Å². The second-order valence-electron chi connectivity index (χ2n) is 5.15. The summed E-state index contributed by atoms with van der Waals surface area (Å²) in [6.07, 6.45) is -4.68. The number of carbonyl (C=O) groups is 1. The number of benzene rings is 1. The summed E-state index contributed by atoms with van der Waals surface area (Å²) < 4.78 is 38.9. The molecule has 0 atom stereocenters. The van der Waals surface area contributed by atoms with Crippen LogP contribution in [0.1, 0.15) is 16.8 Å². The number of carboxylic acids is 1. The van der Waals surface area contributed by atoms with Crippen molar-refractivity contribution in [3.63, 3.8) is 0 Å². The molecular weight excluding hydrogens is 325 g/mol. The molecule has 0 spiro atoms. The zero-order chi connectivity index (χ0) is 17.9. The number of hydrogen-bond acceptors (Lipinski definition) is 5. The third kappa shape index (κ3) is 4.58. The first-order chi connectivity index (χ1) is 11.1. The molecule has 0 aliphatic carbocycles. The van der Waals surface area contributed by atoms with Crippen LogP contribution in [0.2, 0.25) is 0 Å². The molecule has 0 aliphatic rings. The van der Waals surface area contributed by atoms with Crippen LogP contribution in [0.4, 0.5) is 30.6 Å². The van der Waals surface area contributed by atoms with Crippen molar-refractivity contribution in [2.24, 2.45) is 0 Å². The zero-order valence-corrected chi connectivity index (χ0v) is 12.9. The molecule has 0 unspecified atom stereocenters. The quantitative estimate of drug-likeness (QED) is 0.774. The lowest BCUT2D eigenvalue weighted by molar-refractivity contribution is -0.141. The number of alkyl halides is 3. The van der Waals surface area contributed by atoms with Crippen molar-refractivity contribution < 1.29 is 23.1 Å². The number of nitrogens with zero attached hydrogens (tertiary/aromatic N) is 2. The van der Waals surface area contributed by atoms with Gasteiger partial charge in [-0.2, -0.15) is 18.2 Å². The van der Waals surface area contributed by atoms with E-state index in [1.54, 1.807) is 13.0 Å². The van der Waals surface area contributed by atoms with Crippen molar-refractivity contribution in [3.05, 3.63) is 41.1 Å². The van der Waals surface area contributed by atoms with E-state index in [2.05, 4.69) is 20.6 Å². The van der Waals surface area contributed by atoms with E-state index in [1.807, 2.05) is 19.1 Å². The summed E-state index contributed by atoms with van der Waals surface area (Å²) in [5.41, 5.74) is 1.19. The Hall–Kier alpha value is -2.84. The predicted molar refractivity (Wildman–Crippen MR) is 82.4 cm³/mol. The molecule has 6 nitrogen and oxygen atoms in total. The average Bonchev–Trinajstić information content (AvgIpc) is 2.48. The Balaban J connectivity index is 2.38. The lowest BCUT2D eigenvalue weighted by Gasteiger charge is -2.14. The molecule has 0 bridgehead atoms. The van der Waals surface area contributed by atoms with Crippen molar-refractivity contribution in [1.82, 2.24) is 9.97 Å². The molecule has 0 saturated heterocycles. The van der Waals surface area contributed by atoms with E-state index in [0.717, 1.165) is 17.2 Å². The van der Waals surface area contributed by atoms with Gasteiger partial charge in [-0.25, -0.2) is 4.98 Å². The number of aromatic nitrogens is 2. The Morgan fingerprint density at radius 1 is 1.21 bits per heavy atom. The van der Waals surface area contributed by atoms with Crippen LogP contribution in [0.3, 0.4) is 0 Å². The third-order valence-electron chi connectivity index (χ3n) is 3.07. The van der Waals surface area contributed by atoms with Gasteiger partial charge in [0, 0.05) is 11.8 Å². The van der Waals surface area contributed by atoms with Crippen LogP contribution in [0.5, 0.6) is 0 Å². The molecule has 0 fully saturated rings. The minimum absolute atomic E-state index is 0.0843. The summed E-state index contributed by atoms with van der Waals surface area (Å²) in [7, 11) is 0. The number of aliphatic carboxylic acids is 1. The highest BCUT2D eigenvalue weighted by atomic mass is 19.4. The number of nitrogens with one attached hydrogen (secondary N) is 2. The summed E-state index contributed by atoms with van der Waals surface area (Å²) in [5.74, 6) is -1.74. The molecule has 0 radical (unpaired) electrons. The van der Waals surface area contributed by atoms with Crippen molar-refractivity contribution in [3.8, 4) is 0 Å².